The smallest absolute Gasteiger partial charge is 0.321 e. The Bertz CT molecular complexity index is 741. The summed E-state index contributed by atoms with van der Waals surface area (Å²) >= 11 is 0. The zero-order chi connectivity index (χ0) is 16.0. The highest BCUT2D eigenvalue weighted by Gasteiger charge is 2.40. The Kier molecular flexibility index (Phi) is 3.36. The molecule has 1 aromatic heterocycles. The molecule has 1 aromatic carbocycles. The van der Waals surface area contributed by atoms with Crippen molar-refractivity contribution in [2.75, 3.05) is 18.4 Å². The van der Waals surface area contributed by atoms with Crippen LogP contribution in [0.5, 0.6) is 0 Å². The summed E-state index contributed by atoms with van der Waals surface area (Å²) in [4.78, 5) is 14.2. The minimum Gasteiger partial charge on any atom is -0.324 e. The number of benzene rings is 1. The van der Waals surface area contributed by atoms with Crippen LogP contribution >= 0.6 is 0 Å². The maximum atomic E-state index is 12.3. The first-order valence-corrected chi connectivity index (χ1v) is 8.27. The van der Waals surface area contributed by atoms with Crippen LogP contribution in [-0.2, 0) is 7.05 Å². The van der Waals surface area contributed by atoms with E-state index in [1.165, 1.54) is 12.8 Å². The van der Waals surface area contributed by atoms with Gasteiger partial charge in [-0.3, -0.25) is 4.68 Å². The second kappa shape index (κ2) is 5.41. The molecule has 2 fully saturated rings. The van der Waals surface area contributed by atoms with Gasteiger partial charge in [0.2, 0.25) is 0 Å². The Labute approximate surface area is 136 Å². The number of rotatable bonds is 3. The van der Waals surface area contributed by atoms with Crippen molar-refractivity contribution in [2.45, 2.75) is 19.8 Å². The quantitative estimate of drug-likeness (QED) is 0.946. The summed E-state index contributed by atoms with van der Waals surface area (Å²) in [6, 6.07) is 8.00. The first kappa shape index (κ1) is 14.3. The summed E-state index contributed by atoms with van der Waals surface area (Å²) in [5.74, 6) is 1.62. The van der Waals surface area contributed by atoms with E-state index in [9.17, 15) is 4.79 Å². The fourth-order valence-electron chi connectivity index (χ4n) is 3.28. The molecule has 4 rings (SSSR count). The second-order valence-corrected chi connectivity index (χ2v) is 6.84. The lowest BCUT2D eigenvalue weighted by molar-refractivity contribution is 0.118. The van der Waals surface area contributed by atoms with Gasteiger partial charge in [0, 0.05) is 37.6 Å². The third-order valence-electron chi connectivity index (χ3n) is 4.96. The minimum absolute atomic E-state index is 0.0118. The van der Waals surface area contributed by atoms with Crippen LogP contribution in [0, 0.1) is 18.8 Å². The van der Waals surface area contributed by atoms with E-state index in [2.05, 4.69) is 17.3 Å². The number of carbonyl (C=O) groups excluding carboxylic acids is 1. The molecule has 23 heavy (non-hydrogen) atoms. The Hall–Kier alpha value is -2.30. The molecule has 0 spiro atoms. The topological polar surface area (TPSA) is 50.2 Å². The molecule has 1 aliphatic carbocycles. The van der Waals surface area contributed by atoms with Gasteiger partial charge in [-0.05, 0) is 55.4 Å². The fourth-order valence-corrected chi connectivity index (χ4v) is 3.28. The normalized spacial score (nSPS) is 17.9. The fraction of sp³-hybridized carbons (Fsp3) is 0.444. The maximum absolute atomic E-state index is 12.3. The molecular formula is C18H22N4O. The van der Waals surface area contributed by atoms with E-state index in [1.807, 2.05) is 42.4 Å². The summed E-state index contributed by atoms with van der Waals surface area (Å²) in [5, 5.41) is 7.47. The highest BCUT2D eigenvalue weighted by atomic mass is 16.2. The lowest BCUT2D eigenvalue weighted by atomic mass is 9.95. The summed E-state index contributed by atoms with van der Waals surface area (Å²) in [7, 11) is 1.91. The Balaban J connectivity index is 1.45. The average Bonchev–Trinajstić information content (AvgIpc) is 3.20. The molecule has 0 atom stereocenters. The lowest BCUT2D eigenvalue weighted by Gasteiger charge is -2.39. The minimum atomic E-state index is 0.0118. The first-order valence-electron chi connectivity index (χ1n) is 8.27. The molecule has 5 nitrogen and oxygen atoms in total. The Morgan fingerprint density at radius 2 is 2.00 bits per heavy atom. The number of anilines is 1. The van der Waals surface area contributed by atoms with Crippen molar-refractivity contribution >= 4 is 11.7 Å². The van der Waals surface area contributed by atoms with Gasteiger partial charge in [0.15, 0.2) is 0 Å². The zero-order valence-electron chi connectivity index (χ0n) is 13.6. The molecule has 5 heteroatoms. The van der Waals surface area contributed by atoms with Crippen LogP contribution in [0.1, 0.15) is 18.4 Å². The largest absolute Gasteiger partial charge is 0.324 e. The molecule has 1 saturated carbocycles. The summed E-state index contributed by atoms with van der Waals surface area (Å²) in [6.45, 7) is 3.89. The summed E-state index contributed by atoms with van der Waals surface area (Å²) in [5.41, 5.74) is 3.97. The molecule has 1 saturated heterocycles. The molecule has 1 aliphatic heterocycles. The van der Waals surface area contributed by atoms with Gasteiger partial charge >= 0.3 is 6.03 Å². The molecule has 1 N–H and O–H groups in total. The van der Waals surface area contributed by atoms with Crippen molar-refractivity contribution in [1.29, 1.82) is 0 Å². The number of nitrogens with zero attached hydrogens (tertiary/aromatic N) is 3. The van der Waals surface area contributed by atoms with Gasteiger partial charge in [-0.2, -0.15) is 5.10 Å². The predicted molar refractivity (Wildman–Crippen MR) is 90.2 cm³/mol. The van der Waals surface area contributed by atoms with E-state index in [-0.39, 0.29) is 6.03 Å². The van der Waals surface area contributed by atoms with Crippen molar-refractivity contribution < 1.29 is 4.79 Å². The van der Waals surface area contributed by atoms with Crippen molar-refractivity contribution in [3.05, 3.63) is 36.0 Å². The third kappa shape index (κ3) is 2.83. The van der Waals surface area contributed by atoms with Crippen LogP contribution in [0.3, 0.4) is 0 Å². The number of likely N-dealkylation sites (tertiary alicyclic amines) is 1. The highest BCUT2D eigenvalue weighted by molar-refractivity contribution is 5.90. The van der Waals surface area contributed by atoms with Gasteiger partial charge < -0.3 is 10.2 Å². The summed E-state index contributed by atoms with van der Waals surface area (Å²) < 4.78 is 1.79. The number of nitrogens with one attached hydrogen (secondary N) is 1. The van der Waals surface area contributed by atoms with Crippen molar-refractivity contribution in [3.8, 4) is 11.3 Å². The molecule has 2 aromatic rings. The number of amides is 2. The van der Waals surface area contributed by atoms with Crippen molar-refractivity contribution in [3.63, 3.8) is 0 Å². The van der Waals surface area contributed by atoms with Crippen LogP contribution < -0.4 is 5.32 Å². The summed E-state index contributed by atoms with van der Waals surface area (Å²) in [6.07, 6.45) is 4.63. The predicted octanol–water partition coefficient (Wildman–Crippen LogP) is 3.27. The number of aryl methyl sites for hydroxylation is 2. The van der Waals surface area contributed by atoms with Crippen LogP contribution in [-0.4, -0.2) is 33.8 Å². The van der Waals surface area contributed by atoms with Crippen LogP contribution in [0.2, 0.25) is 0 Å². The monoisotopic (exact) mass is 310 g/mol. The van der Waals surface area contributed by atoms with Gasteiger partial charge in [-0.1, -0.05) is 6.07 Å². The van der Waals surface area contributed by atoms with Crippen molar-refractivity contribution in [2.24, 2.45) is 18.9 Å². The van der Waals surface area contributed by atoms with Crippen LogP contribution in [0.15, 0.2) is 30.5 Å². The second-order valence-electron chi connectivity index (χ2n) is 6.84. The Morgan fingerprint density at radius 1 is 1.22 bits per heavy atom. The highest BCUT2D eigenvalue weighted by Crippen LogP contribution is 2.41. The molecule has 2 amide bonds. The standard InChI is InChI=1S/C18H22N4O/c1-12-3-6-15(9-16(12)17-7-8-21(2)20-17)19-18(23)22-10-14(11-22)13-4-5-13/h3,6-9,13-14H,4-5,10-11H2,1-2H3,(H,19,23). The molecule has 0 unspecified atom stereocenters. The van der Waals surface area contributed by atoms with Crippen LogP contribution in [0.25, 0.3) is 11.3 Å². The number of hydrogen-bond acceptors (Lipinski definition) is 2. The molecule has 0 radical (unpaired) electrons. The van der Waals surface area contributed by atoms with E-state index in [0.29, 0.717) is 0 Å². The lowest BCUT2D eigenvalue weighted by Crippen LogP contribution is -2.52. The number of carbonyl (C=O) groups is 1. The van der Waals surface area contributed by atoms with E-state index in [1.54, 1.807) is 4.68 Å². The van der Waals surface area contributed by atoms with E-state index < -0.39 is 0 Å². The molecule has 120 valence electrons. The molecule has 2 aliphatic rings. The first-order chi connectivity index (χ1) is 11.1. The van der Waals surface area contributed by atoms with E-state index in [4.69, 9.17) is 0 Å². The Morgan fingerprint density at radius 3 is 2.65 bits per heavy atom. The van der Waals surface area contributed by atoms with Gasteiger partial charge in [0.25, 0.3) is 0 Å². The van der Waals surface area contributed by atoms with Gasteiger partial charge in [-0.25, -0.2) is 4.79 Å². The third-order valence-corrected chi connectivity index (χ3v) is 4.96. The maximum Gasteiger partial charge on any atom is 0.321 e. The number of hydrogen-bond donors (Lipinski definition) is 1. The van der Waals surface area contributed by atoms with Gasteiger partial charge in [0.1, 0.15) is 0 Å². The number of aromatic nitrogens is 2. The van der Waals surface area contributed by atoms with Gasteiger partial charge in [0.05, 0.1) is 5.69 Å². The molecular weight excluding hydrogens is 288 g/mol. The van der Waals surface area contributed by atoms with Gasteiger partial charge in [-0.15, -0.1) is 0 Å². The van der Waals surface area contributed by atoms with Crippen molar-refractivity contribution in [1.82, 2.24) is 14.7 Å². The number of urea groups is 1. The van der Waals surface area contributed by atoms with E-state index in [0.717, 1.165) is 47.4 Å². The molecule has 0 bridgehead atoms. The SMILES string of the molecule is Cc1ccc(NC(=O)N2CC(C3CC3)C2)cc1-c1ccn(C)n1. The zero-order valence-corrected chi connectivity index (χ0v) is 13.6. The van der Waals surface area contributed by atoms with E-state index >= 15 is 0 Å². The van der Waals surface area contributed by atoms with Crippen LogP contribution in [0.4, 0.5) is 10.5 Å². The molecule has 2 heterocycles. The average molecular weight is 310 g/mol.